The van der Waals surface area contributed by atoms with Crippen molar-refractivity contribution < 1.29 is 4.79 Å². The lowest BCUT2D eigenvalue weighted by atomic mass is 10.1. The van der Waals surface area contributed by atoms with Crippen molar-refractivity contribution in [1.82, 2.24) is 25.1 Å². The maximum Gasteiger partial charge on any atom is 0.274 e. The van der Waals surface area contributed by atoms with Gasteiger partial charge in [-0.2, -0.15) is 5.10 Å². The number of amides is 1. The number of carbonyl (C=O) groups is 1. The Balaban J connectivity index is 1.79. The number of rotatable bonds is 4. The topological polar surface area (TPSA) is 98.7 Å². The molecule has 0 bridgehead atoms. The van der Waals surface area contributed by atoms with Gasteiger partial charge in [0.1, 0.15) is 0 Å². The maximum atomic E-state index is 12.3. The molecule has 23 heavy (non-hydrogen) atoms. The van der Waals surface area contributed by atoms with E-state index in [4.69, 9.17) is 5.73 Å². The summed E-state index contributed by atoms with van der Waals surface area (Å²) in [6, 6.07) is 9.43. The number of hydrogen-bond donors (Lipinski definition) is 2. The first kappa shape index (κ1) is 14.7. The van der Waals surface area contributed by atoms with Crippen molar-refractivity contribution in [3.63, 3.8) is 0 Å². The molecule has 116 valence electrons. The van der Waals surface area contributed by atoms with Crippen molar-refractivity contribution in [1.29, 1.82) is 0 Å². The predicted molar refractivity (Wildman–Crippen MR) is 85.9 cm³/mol. The van der Waals surface area contributed by atoms with Crippen LogP contribution >= 0.6 is 0 Å². The van der Waals surface area contributed by atoms with Gasteiger partial charge >= 0.3 is 0 Å². The van der Waals surface area contributed by atoms with Crippen molar-refractivity contribution >= 4 is 11.7 Å². The monoisotopic (exact) mass is 308 g/mol. The van der Waals surface area contributed by atoms with Crippen LogP contribution in [0.25, 0.3) is 5.69 Å². The standard InChI is InChI=1S/C16H16N6O/c1-11(21-16(23)14-15(17)19-8-7-18-14)12-4-2-5-13(10-12)22-9-3-6-20-22/h2-11H,1H3,(H2,17,19)(H,21,23)/t11-/m1/s1. The zero-order valence-electron chi connectivity index (χ0n) is 12.5. The Kier molecular flexibility index (Phi) is 4.01. The highest BCUT2D eigenvalue weighted by molar-refractivity contribution is 5.96. The largest absolute Gasteiger partial charge is 0.382 e. The Morgan fingerprint density at radius 3 is 2.78 bits per heavy atom. The van der Waals surface area contributed by atoms with Crippen LogP contribution in [0.15, 0.2) is 55.1 Å². The van der Waals surface area contributed by atoms with E-state index in [-0.39, 0.29) is 23.5 Å². The minimum absolute atomic E-state index is 0.113. The lowest BCUT2D eigenvalue weighted by molar-refractivity contribution is 0.0935. The highest BCUT2D eigenvalue weighted by Crippen LogP contribution is 2.17. The third kappa shape index (κ3) is 3.18. The second-order valence-electron chi connectivity index (χ2n) is 5.03. The smallest absolute Gasteiger partial charge is 0.274 e. The van der Waals surface area contributed by atoms with Gasteiger partial charge in [-0.05, 0) is 30.7 Å². The number of anilines is 1. The molecule has 3 rings (SSSR count). The predicted octanol–water partition coefficient (Wildman–Crippen LogP) is 1.74. The molecule has 1 amide bonds. The summed E-state index contributed by atoms with van der Waals surface area (Å²) in [6.45, 7) is 1.90. The Morgan fingerprint density at radius 1 is 1.22 bits per heavy atom. The van der Waals surface area contributed by atoms with Crippen molar-refractivity contribution in [2.75, 3.05) is 5.73 Å². The first-order valence-electron chi connectivity index (χ1n) is 7.12. The Labute approximate surface area is 133 Å². The molecule has 1 atom stereocenters. The fourth-order valence-corrected chi connectivity index (χ4v) is 2.23. The summed E-state index contributed by atoms with van der Waals surface area (Å²) in [6.07, 6.45) is 6.47. The number of nitrogens with zero attached hydrogens (tertiary/aromatic N) is 4. The van der Waals surface area contributed by atoms with Crippen LogP contribution in [-0.4, -0.2) is 25.7 Å². The van der Waals surface area contributed by atoms with Gasteiger partial charge in [-0.3, -0.25) is 4.79 Å². The molecule has 0 radical (unpaired) electrons. The molecule has 2 aromatic heterocycles. The van der Waals surface area contributed by atoms with E-state index in [1.54, 1.807) is 10.9 Å². The van der Waals surface area contributed by atoms with Crippen LogP contribution in [0, 0.1) is 0 Å². The average Bonchev–Trinajstić information content (AvgIpc) is 3.10. The van der Waals surface area contributed by atoms with Gasteiger partial charge in [-0.1, -0.05) is 12.1 Å². The van der Waals surface area contributed by atoms with Gasteiger partial charge < -0.3 is 11.1 Å². The molecule has 7 heteroatoms. The SMILES string of the molecule is C[C@@H](NC(=O)c1nccnc1N)c1cccc(-n2cccn2)c1. The molecule has 1 aromatic carbocycles. The minimum Gasteiger partial charge on any atom is -0.382 e. The van der Waals surface area contributed by atoms with E-state index in [9.17, 15) is 4.79 Å². The van der Waals surface area contributed by atoms with Gasteiger partial charge in [-0.25, -0.2) is 14.6 Å². The van der Waals surface area contributed by atoms with Gasteiger partial charge in [0.05, 0.1) is 11.7 Å². The van der Waals surface area contributed by atoms with Gasteiger partial charge in [0.25, 0.3) is 5.91 Å². The summed E-state index contributed by atoms with van der Waals surface area (Å²) in [4.78, 5) is 20.1. The number of carbonyl (C=O) groups excluding carboxylic acids is 1. The summed E-state index contributed by atoms with van der Waals surface area (Å²) in [5, 5.41) is 7.08. The van der Waals surface area contributed by atoms with E-state index in [0.717, 1.165) is 11.3 Å². The quantitative estimate of drug-likeness (QED) is 0.765. The van der Waals surface area contributed by atoms with Crippen molar-refractivity contribution in [3.8, 4) is 5.69 Å². The lowest BCUT2D eigenvalue weighted by Crippen LogP contribution is -2.28. The molecule has 0 aliphatic rings. The molecule has 0 saturated heterocycles. The number of aromatic nitrogens is 4. The summed E-state index contributed by atoms with van der Waals surface area (Å²) >= 11 is 0. The number of hydrogen-bond acceptors (Lipinski definition) is 5. The van der Waals surface area contributed by atoms with Crippen LogP contribution in [0.4, 0.5) is 5.82 Å². The average molecular weight is 308 g/mol. The van der Waals surface area contributed by atoms with Gasteiger partial charge in [0.15, 0.2) is 11.5 Å². The number of nitrogen functional groups attached to an aromatic ring is 1. The van der Waals surface area contributed by atoms with Crippen molar-refractivity contribution in [2.24, 2.45) is 0 Å². The summed E-state index contributed by atoms with van der Waals surface area (Å²) in [5.41, 5.74) is 7.68. The number of nitrogens with one attached hydrogen (secondary N) is 1. The Hall–Kier alpha value is -3.22. The Bertz CT molecular complexity index is 815. The molecule has 0 saturated carbocycles. The number of nitrogens with two attached hydrogens (primary N) is 1. The maximum absolute atomic E-state index is 12.3. The highest BCUT2D eigenvalue weighted by Gasteiger charge is 2.16. The minimum atomic E-state index is -0.354. The molecule has 0 fully saturated rings. The van der Waals surface area contributed by atoms with Crippen LogP contribution in [0.3, 0.4) is 0 Å². The molecule has 7 nitrogen and oxygen atoms in total. The van der Waals surface area contributed by atoms with Crippen LogP contribution in [0.2, 0.25) is 0 Å². The second-order valence-corrected chi connectivity index (χ2v) is 5.03. The van der Waals surface area contributed by atoms with Crippen molar-refractivity contribution in [3.05, 3.63) is 66.4 Å². The zero-order valence-corrected chi connectivity index (χ0v) is 12.5. The third-order valence-corrected chi connectivity index (χ3v) is 3.43. The molecule has 0 aliphatic heterocycles. The van der Waals surface area contributed by atoms with Crippen LogP contribution in [0.5, 0.6) is 0 Å². The van der Waals surface area contributed by atoms with E-state index >= 15 is 0 Å². The summed E-state index contributed by atoms with van der Waals surface area (Å²) in [5.74, 6) is -0.241. The number of benzene rings is 1. The highest BCUT2D eigenvalue weighted by atomic mass is 16.2. The molecule has 0 aliphatic carbocycles. The van der Waals surface area contributed by atoms with Crippen molar-refractivity contribution in [2.45, 2.75) is 13.0 Å². The molecule has 0 spiro atoms. The molecule has 3 N–H and O–H groups in total. The van der Waals surface area contributed by atoms with Crippen LogP contribution in [-0.2, 0) is 0 Å². The van der Waals surface area contributed by atoms with Crippen LogP contribution < -0.4 is 11.1 Å². The molecular formula is C16H16N6O. The fourth-order valence-electron chi connectivity index (χ4n) is 2.23. The van der Waals surface area contributed by atoms with Gasteiger partial charge in [0, 0.05) is 24.8 Å². The fraction of sp³-hybridized carbons (Fsp3) is 0.125. The molecular weight excluding hydrogens is 292 g/mol. The normalized spacial score (nSPS) is 11.9. The lowest BCUT2D eigenvalue weighted by Gasteiger charge is -2.15. The molecule has 3 aromatic rings. The first-order valence-corrected chi connectivity index (χ1v) is 7.12. The van der Waals surface area contributed by atoms with E-state index in [1.165, 1.54) is 12.4 Å². The third-order valence-electron chi connectivity index (χ3n) is 3.43. The molecule has 2 heterocycles. The zero-order chi connectivity index (χ0) is 16.2. The second kappa shape index (κ2) is 6.27. The Morgan fingerprint density at radius 2 is 2.04 bits per heavy atom. The van der Waals surface area contributed by atoms with Crippen LogP contribution in [0.1, 0.15) is 29.0 Å². The summed E-state index contributed by atoms with van der Waals surface area (Å²) < 4.78 is 1.76. The summed E-state index contributed by atoms with van der Waals surface area (Å²) in [7, 11) is 0. The van der Waals surface area contributed by atoms with E-state index in [0.29, 0.717) is 0 Å². The van der Waals surface area contributed by atoms with E-state index in [1.807, 2.05) is 43.5 Å². The van der Waals surface area contributed by atoms with E-state index in [2.05, 4.69) is 20.4 Å². The first-order chi connectivity index (χ1) is 11.1. The van der Waals surface area contributed by atoms with Gasteiger partial charge in [0.2, 0.25) is 0 Å². The van der Waals surface area contributed by atoms with Gasteiger partial charge in [-0.15, -0.1) is 0 Å². The molecule has 0 unspecified atom stereocenters. The van der Waals surface area contributed by atoms with E-state index < -0.39 is 0 Å².